The van der Waals surface area contributed by atoms with Crippen LogP contribution in [0.2, 0.25) is 0 Å². The second-order valence-corrected chi connectivity index (χ2v) is 4.36. The number of thiazole rings is 1. The maximum absolute atomic E-state index is 12.0. The standard InChI is InChI=1S/C10H13NO3S/c1-6-7(3-4-14-6)9(12)8-5-15-10(11-8)13-2/h5-7H,3-4H2,1-2H3. The molecule has 2 heterocycles. The zero-order chi connectivity index (χ0) is 10.8. The lowest BCUT2D eigenvalue weighted by atomic mass is 9.96. The maximum Gasteiger partial charge on any atom is 0.273 e. The fraction of sp³-hybridized carbons (Fsp3) is 0.600. The Labute approximate surface area is 92.2 Å². The molecule has 0 spiro atoms. The highest BCUT2D eigenvalue weighted by molar-refractivity contribution is 7.11. The zero-order valence-corrected chi connectivity index (χ0v) is 9.54. The summed E-state index contributed by atoms with van der Waals surface area (Å²) in [6.45, 7) is 2.60. The monoisotopic (exact) mass is 227 g/mol. The molecule has 1 aromatic rings. The number of ketones is 1. The molecule has 0 N–H and O–H groups in total. The summed E-state index contributed by atoms with van der Waals surface area (Å²) >= 11 is 1.34. The first kappa shape index (κ1) is 10.6. The van der Waals surface area contributed by atoms with Crippen LogP contribution < -0.4 is 4.74 Å². The van der Waals surface area contributed by atoms with Crippen molar-refractivity contribution in [3.63, 3.8) is 0 Å². The van der Waals surface area contributed by atoms with E-state index < -0.39 is 0 Å². The van der Waals surface area contributed by atoms with Gasteiger partial charge in [0.1, 0.15) is 5.69 Å². The van der Waals surface area contributed by atoms with Crippen LogP contribution in [-0.2, 0) is 4.74 Å². The van der Waals surface area contributed by atoms with Crippen molar-refractivity contribution in [1.29, 1.82) is 0 Å². The minimum absolute atomic E-state index is 0.00481. The van der Waals surface area contributed by atoms with E-state index in [1.807, 2.05) is 6.92 Å². The second-order valence-electron chi connectivity index (χ2n) is 3.54. The highest BCUT2D eigenvalue weighted by Gasteiger charge is 2.32. The molecule has 0 aliphatic carbocycles. The Bertz CT molecular complexity index is 363. The molecule has 0 bridgehead atoms. The van der Waals surface area contributed by atoms with Gasteiger partial charge in [-0.25, -0.2) is 0 Å². The quantitative estimate of drug-likeness (QED) is 0.738. The number of methoxy groups -OCH3 is 1. The molecule has 4 nitrogen and oxygen atoms in total. The Hall–Kier alpha value is -0.940. The van der Waals surface area contributed by atoms with Crippen molar-refractivity contribution in [2.75, 3.05) is 13.7 Å². The molecule has 1 saturated heterocycles. The summed E-state index contributed by atoms with van der Waals surface area (Å²) in [5.74, 6) is 0.0244. The van der Waals surface area contributed by atoms with Gasteiger partial charge in [-0.3, -0.25) is 4.79 Å². The van der Waals surface area contributed by atoms with Gasteiger partial charge in [-0.2, -0.15) is 4.98 Å². The minimum atomic E-state index is -0.0446. The number of ether oxygens (including phenoxy) is 2. The fourth-order valence-corrected chi connectivity index (χ4v) is 2.36. The first-order valence-corrected chi connectivity index (χ1v) is 5.75. The first-order valence-electron chi connectivity index (χ1n) is 4.87. The minimum Gasteiger partial charge on any atom is -0.473 e. The Balaban J connectivity index is 2.13. The Kier molecular flexibility index (Phi) is 3.02. The summed E-state index contributed by atoms with van der Waals surface area (Å²) in [6.07, 6.45) is 0.796. The van der Waals surface area contributed by atoms with E-state index in [9.17, 15) is 4.79 Å². The molecule has 82 valence electrons. The van der Waals surface area contributed by atoms with Crippen LogP contribution in [0.4, 0.5) is 0 Å². The van der Waals surface area contributed by atoms with E-state index in [1.165, 1.54) is 11.3 Å². The van der Waals surface area contributed by atoms with E-state index in [1.54, 1.807) is 12.5 Å². The van der Waals surface area contributed by atoms with E-state index >= 15 is 0 Å². The van der Waals surface area contributed by atoms with Crippen LogP contribution in [-0.4, -0.2) is 30.6 Å². The van der Waals surface area contributed by atoms with Crippen molar-refractivity contribution in [1.82, 2.24) is 4.98 Å². The van der Waals surface area contributed by atoms with Crippen molar-refractivity contribution >= 4 is 17.1 Å². The molecule has 15 heavy (non-hydrogen) atoms. The smallest absolute Gasteiger partial charge is 0.273 e. The number of nitrogens with zero attached hydrogens (tertiary/aromatic N) is 1. The van der Waals surface area contributed by atoms with Crippen LogP contribution >= 0.6 is 11.3 Å². The Morgan fingerprint density at radius 2 is 2.53 bits per heavy atom. The molecule has 1 aliphatic heterocycles. The summed E-state index contributed by atoms with van der Waals surface area (Å²) in [6, 6.07) is 0. The van der Waals surface area contributed by atoms with E-state index in [0.717, 1.165) is 6.42 Å². The SMILES string of the molecule is COc1nc(C(=O)C2CCOC2C)cs1. The number of hydrogen-bond donors (Lipinski definition) is 0. The molecule has 0 saturated carbocycles. The third kappa shape index (κ3) is 2.03. The molecular formula is C10H13NO3S. The lowest BCUT2D eigenvalue weighted by molar-refractivity contribution is 0.0760. The van der Waals surface area contributed by atoms with Gasteiger partial charge in [0.05, 0.1) is 19.1 Å². The maximum atomic E-state index is 12.0. The molecule has 1 fully saturated rings. The van der Waals surface area contributed by atoms with Crippen LogP contribution in [0.3, 0.4) is 0 Å². The topological polar surface area (TPSA) is 48.4 Å². The predicted molar refractivity (Wildman–Crippen MR) is 56.5 cm³/mol. The highest BCUT2D eigenvalue weighted by atomic mass is 32.1. The molecule has 1 aliphatic rings. The Morgan fingerprint density at radius 1 is 1.73 bits per heavy atom. The number of rotatable bonds is 3. The summed E-state index contributed by atoms with van der Waals surface area (Å²) < 4.78 is 10.3. The van der Waals surface area contributed by atoms with Crippen molar-refractivity contribution in [3.8, 4) is 5.19 Å². The summed E-state index contributed by atoms with van der Waals surface area (Å²) in [4.78, 5) is 16.1. The summed E-state index contributed by atoms with van der Waals surface area (Å²) in [5, 5.41) is 2.27. The van der Waals surface area contributed by atoms with Crippen LogP contribution in [0.1, 0.15) is 23.8 Å². The summed E-state index contributed by atoms with van der Waals surface area (Å²) in [7, 11) is 1.55. The fourth-order valence-electron chi connectivity index (χ4n) is 1.73. The Morgan fingerprint density at radius 3 is 3.07 bits per heavy atom. The van der Waals surface area contributed by atoms with Gasteiger partial charge in [-0.15, -0.1) is 0 Å². The summed E-state index contributed by atoms with van der Waals surface area (Å²) in [5.41, 5.74) is 0.499. The van der Waals surface area contributed by atoms with Crippen LogP contribution in [0.25, 0.3) is 0 Å². The van der Waals surface area contributed by atoms with Crippen LogP contribution in [0.15, 0.2) is 5.38 Å². The van der Waals surface area contributed by atoms with Crippen LogP contribution in [0, 0.1) is 5.92 Å². The molecular weight excluding hydrogens is 214 g/mol. The number of Topliss-reactive ketones (excluding diaryl/α,β-unsaturated/α-hetero) is 1. The molecule has 0 amide bonds. The highest BCUT2D eigenvalue weighted by Crippen LogP contribution is 2.26. The van der Waals surface area contributed by atoms with Gasteiger partial charge < -0.3 is 9.47 Å². The van der Waals surface area contributed by atoms with E-state index in [0.29, 0.717) is 17.5 Å². The van der Waals surface area contributed by atoms with Crippen molar-refractivity contribution in [3.05, 3.63) is 11.1 Å². The number of hydrogen-bond acceptors (Lipinski definition) is 5. The molecule has 0 aromatic carbocycles. The third-order valence-electron chi connectivity index (χ3n) is 2.62. The van der Waals surface area contributed by atoms with Gasteiger partial charge in [-0.1, -0.05) is 11.3 Å². The third-order valence-corrected chi connectivity index (χ3v) is 3.42. The first-order chi connectivity index (χ1) is 7.22. The zero-order valence-electron chi connectivity index (χ0n) is 8.73. The lowest BCUT2D eigenvalue weighted by Crippen LogP contribution is -2.21. The molecule has 2 rings (SSSR count). The number of carbonyl (C=O) groups excluding carboxylic acids is 1. The lowest BCUT2D eigenvalue weighted by Gasteiger charge is -2.10. The van der Waals surface area contributed by atoms with Gasteiger partial charge in [0.2, 0.25) is 0 Å². The molecule has 0 radical (unpaired) electrons. The second kappa shape index (κ2) is 4.28. The number of carbonyl (C=O) groups is 1. The van der Waals surface area contributed by atoms with Crippen molar-refractivity contribution in [2.24, 2.45) is 5.92 Å². The van der Waals surface area contributed by atoms with Gasteiger partial charge in [0, 0.05) is 12.0 Å². The molecule has 5 heteroatoms. The largest absolute Gasteiger partial charge is 0.473 e. The van der Waals surface area contributed by atoms with Crippen molar-refractivity contribution in [2.45, 2.75) is 19.4 Å². The van der Waals surface area contributed by atoms with Gasteiger partial charge >= 0.3 is 0 Å². The predicted octanol–water partition coefficient (Wildman–Crippen LogP) is 1.76. The van der Waals surface area contributed by atoms with Gasteiger partial charge in [0.15, 0.2) is 5.78 Å². The van der Waals surface area contributed by atoms with Gasteiger partial charge in [-0.05, 0) is 13.3 Å². The average Bonchev–Trinajstić information content (AvgIpc) is 2.84. The average molecular weight is 227 g/mol. The van der Waals surface area contributed by atoms with E-state index in [-0.39, 0.29) is 17.8 Å². The van der Waals surface area contributed by atoms with Crippen molar-refractivity contribution < 1.29 is 14.3 Å². The van der Waals surface area contributed by atoms with E-state index in [2.05, 4.69) is 4.98 Å². The van der Waals surface area contributed by atoms with Gasteiger partial charge in [0.25, 0.3) is 5.19 Å². The molecule has 2 atom stereocenters. The van der Waals surface area contributed by atoms with E-state index in [4.69, 9.17) is 9.47 Å². The molecule has 2 unspecified atom stereocenters. The number of aromatic nitrogens is 1. The normalized spacial score (nSPS) is 25.5. The molecule has 1 aromatic heterocycles. The van der Waals surface area contributed by atoms with Crippen LogP contribution in [0.5, 0.6) is 5.19 Å².